The van der Waals surface area contributed by atoms with Crippen LogP contribution in [-0.2, 0) is 52.1 Å². The van der Waals surface area contributed by atoms with Crippen molar-refractivity contribution in [2.24, 2.45) is 0 Å². The summed E-state index contributed by atoms with van der Waals surface area (Å²) in [7, 11) is 0. The van der Waals surface area contributed by atoms with E-state index >= 15 is 0 Å². The molecule has 0 bridgehead atoms. The van der Waals surface area contributed by atoms with Crippen LogP contribution in [0.1, 0.15) is 96.8 Å². The summed E-state index contributed by atoms with van der Waals surface area (Å²) in [5, 5.41) is 0. The van der Waals surface area contributed by atoms with Gasteiger partial charge in [0.1, 0.15) is 6.61 Å². The van der Waals surface area contributed by atoms with Gasteiger partial charge >= 0.3 is 0 Å². The van der Waals surface area contributed by atoms with E-state index in [2.05, 4.69) is 12.8 Å². The van der Waals surface area contributed by atoms with E-state index in [0.717, 1.165) is 13.0 Å². The molecule has 0 aromatic heterocycles. The van der Waals surface area contributed by atoms with Crippen LogP contribution in [0.15, 0.2) is 0 Å². The molecule has 0 radical (unpaired) electrons. The number of hydrogen-bond acceptors (Lipinski definition) is 11. The molecule has 0 aliphatic carbocycles. The lowest BCUT2D eigenvalue weighted by Gasteiger charge is -2.09. The maximum atomic E-state index is 5.68. The van der Waals surface area contributed by atoms with Gasteiger partial charge in [-0.05, 0) is 6.42 Å². The van der Waals surface area contributed by atoms with Crippen molar-refractivity contribution in [2.45, 2.75) is 96.8 Å². The fourth-order valence-corrected chi connectivity index (χ4v) is 4.73. The second kappa shape index (κ2) is 48.1. The van der Waals surface area contributed by atoms with Crippen LogP contribution in [0, 0.1) is 12.3 Å². The molecule has 0 aliphatic rings. The predicted molar refractivity (Wildman–Crippen MR) is 198 cm³/mol. The van der Waals surface area contributed by atoms with Crippen LogP contribution in [0.25, 0.3) is 0 Å². The molecule has 0 rings (SSSR count). The van der Waals surface area contributed by atoms with Crippen molar-refractivity contribution >= 4 is 0 Å². The van der Waals surface area contributed by atoms with Crippen LogP contribution in [0.3, 0.4) is 0 Å². The Labute approximate surface area is 306 Å². The molecule has 0 saturated heterocycles. The summed E-state index contributed by atoms with van der Waals surface area (Å²) in [5.74, 6) is 2.40. The summed E-state index contributed by atoms with van der Waals surface area (Å²) in [4.78, 5) is 0. The van der Waals surface area contributed by atoms with Crippen LogP contribution in [0.5, 0.6) is 0 Å². The van der Waals surface area contributed by atoms with Crippen molar-refractivity contribution in [3.8, 4) is 12.3 Å². The second-order valence-corrected chi connectivity index (χ2v) is 12.0. The first kappa shape index (κ1) is 49.1. The molecular weight excluding hydrogens is 644 g/mol. The van der Waals surface area contributed by atoms with Gasteiger partial charge in [-0.2, -0.15) is 0 Å². The van der Waals surface area contributed by atoms with E-state index in [1.54, 1.807) is 0 Å². The van der Waals surface area contributed by atoms with Crippen LogP contribution in [0.4, 0.5) is 0 Å². The van der Waals surface area contributed by atoms with Gasteiger partial charge in [0.25, 0.3) is 0 Å². The van der Waals surface area contributed by atoms with Crippen molar-refractivity contribution < 1.29 is 52.1 Å². The zero-order valence-corrected chi connectivity index (χ0v) is 32.0. The molecule has 0 fully saturated rings. The van der Waals surface area contributed by atoms with Crippen molar-refractivity contribution in [3.05, 3.63) is 0 Å². The third-order valence-corrected chi connectivity index (χ3v) is 7.55. The molecule has 0 amide bonds. The highest BCUT2D eigenvalue weighted by Gasteiger charge is 1.98. The zero-order valence-electron chi connectivity index (χ0n) is 32.0. The number of unbranched alkanes of at least 4 members (excludes halogenated alkanes) is 13. The average molecular weight is 721 g/mol. The smallest absolute Gasteiger partial charge is 0.107 e. The third kappa shape index (κ3) is 47.1. The Kier molecular flexibility index (Phi) is 47.3. The Hall–Kier alpha value is -0.880. The Bertz CT molecular complexity index is 636. The monoisotopic (exact) mass is 721 g/mol. The maximum absolute atomic E-state index is 5.68. The lowest BCUT2D eigenvalue weighted by molar-refractivity contribution is -0.0272. The fourth-order valence-electron chi connectivity index (χ4n) is 4.73. The molecule has 0 N–H and O–H groups in total. The first-order valence-corrected chi connectivity index (χ1v) is 19.7. The van der Waals surface area contributed by atoms with Gasteiger partial charge in [-0.25, -0.2) is 0 Å². The first-order chi connectivity index (χ1) is 24.9. The summed E-state index contributed by atoms with van der Waals surface area (Å²) in [6, 6.07) is 0. The first-order valence-electron chi connectivity index (χ1n) is 19.7. The van der Waals surface area contributed by atoms with E-state index in [9.17, 15) is 0 Å². The molecule has 0 aliphatic heterocycles. The fraction of sp³-hybridized carbons (Fsp3) is 0.949. The summed E-state index contributed by atoms with van der Waals surface area (Å²) in [5.41, 5.74) is 0. The highest BCUT2D eigenvalue weighted by Crippen LogP contribution is 2.13. The normalized spacial score (nSPS) is 11.4. The molecule has 0 atom stereocenters. The van der Waals surface area contributed by atoms with E-state index in [0.29, 0.717) is 139 Å². The Morgan fingerprint density at radius 2 is 0.460 bits per heavy atom. The molecular formula is C39H76O11. The Balaban J connectivity index is 3.04. The van der Waals surface area contributed by atoms with Gasteiger partial charge in [0, 0.05) is 6.61 Å². The highest BCUT2D eigenvalue weighted by molar-refractivity contribution is 4.82. The van der Waals surface area contributed by atoms with Crippen molar-refractivity contribution in [2.75, 3.05) is 145 Å². The van der Waals surface area contributed by atoms with Crippen LogP contribution in [-0.4, -0.2) is 145 Å². The minimum atomic E-state index is 0.311. The van der Waals surface area contributed by atoms with Crippen LogP contribution < -0.4 is 0 Å². The molecule has 0 saturated carbocycles. The van der Waals surface area contributed by atoms with Crippen molar-refractivity contribution in [3.63, 3.8) is 0 Å². The second-order valence-electron chi connectivity index (χ2n) is 12.0. The number of terminal acetylenes is 1. The number of rotatable bonds is 46. The average Bonchev–Trinajstić information content (AvgIpc) is 3.13. The SMILES string of the molecule is C#CCOCCOCCOCCOCCOCCOCCOCCOCCOCCOCCOCCCCCCCCCCCCCCCC. The van der Waals surface area contributed by atoms with Gasteiger partial charge in [0.05, 0.1) is 132 Å². The third-order valence-electron chi connectivity index (χ3n) is 7.55. The molecule has 50 heavy (non-hydrogen) atoms. The molecule has 11 nitrogen and oxygen atoms in total. The molecule has 298 valence electrons. The Morgan fingerprint density at radius 1 is 0.260 bits per heavy atom. The van der Waals surface area contributed by atoms with E-state index in [1.165, 1.54) is 83.5 Å². The van der Waals surface area contributed by atoms with E-state index in [-0.39, 0.29) is 0 Å². The lowest BCUT2D eigenvalue weighted by atomic mass is 10.0. The quantitative estimate of drug-likeness (QED) is 0.0525. The molecule has 0 heterocycles. The number of ether oxygens (including phenoxy) is 11. The summed E-state index contributed by atoms with van der Waals surface area (Å²) < 4.78 is 60.1. The van der Waals surface area contributed by atoms with Gasteiger partial charge in [-0.15, -0.1) is 6.42 Å². The van der Waals surface area contributed by atoms with Crippen molar-refractivity contribution in [1.82, 2.24) is 0 Å². The van der Waals surface area contributed by atoms with Gasteiger partial charge in [0.2, 0.25) is 0 Å². The van der Waals surface area contributed by atoms with Crippen LogP contribution >= 0.6 is 0 Å². The van der Waals surface area contributed by atoms with Crippen molar-refractivity contribution in [1.29, 1.82) is 0 Å². The number of hydrogen-bond donors (Lipinski definition) is 0. The van der Waals surface area contributed by atoms with Gasteiger partial charge in [0.15, 0.2) is 0 Å². The maximum Gasteiger partial charge on any atom is 0.107 e. The summed E-state index contributed by atoms with van der Waals surface area (Å²) in [6.45, 7) is 14.1. The predicted octanol–water partition coefficient (Wildman–Crippen LogP) is 6.28. The standard InChI is InChI=1S/C39H76O11/c1-3-5-6-7-8-9-10-11-12-13-14-15-16-17-19-41-21-23-43-25-27-45-29-31-47-33-35-49-37-39-50-38-36-48-34-32-46-30-28-44-26-24-42-22-20-40-18-4-2/h2H,3,5-39H2,1H3. The highest BCUT2D eigenvalue weighted by atomic mass is 16.6. The minimum Gasteiger partial charge on any atom is -0.379 e. The summed E-state index contributed by atoms with van der Waals surface area (Å²) in [6.07, 6.45) is 24.3. The summed E-state index contributed by atoms with van der Waals surface area (Å²) >= 11 is 0. The van der Waals surface area contributed by atoms with Crippen LogP contribution in [0.2, 0.25) is 0 Å². The van der Waals surface area contributed by atoms with E-state index < -0.39 is 0 Å². The molecule has 11 heteroatoms. The Morgan fingerprint density at radius 3 is 0.700 bits per heavy atom. The lowest BCUT2D eigenvalue weighted by Crippen LogP contribution is -2.15. The topological polar surface area (TPSA) is 102 Å². The molecule has 0 aromatic rings. The molecule has 0 unspecified atom stereocenters. The van der Waals surface area contributed by atoms with E-state index in [1.807, 2.05) is 0 Å². The minimum absolute atomic E-state index is 0.311. The molecule has 0 aromatic carbocycles. The largest absolute Gasteiger partial charge is 0.379 e. The van der Waals surface area contributed by atoms with Gasteiger partial charge in [-0.1, -0.05) is 96.3 Å². The zero-order chi connectivity index (χ0) is 35.9. The molecule has 0 spiro atoms. The van der Waals surface area contributed by atoms with Gasteiger partial charge in [-0.3, -0.25) is 0 Å². The van der Waals surface area contributed by atoms with E-state index in [4.69, 9.17) is 58.5 Å². The van der Waals surface area contributed by atoms with Gasteiger partial charge < -0.3 is 52.1 Å².